The molecule has 2 fully saturated rings. The molecule has 0 radical (unpaired) electrons. The maximum Gasteiger partial charge on any atom is 0.417 e. The first-order valence-electron chi connectivity index (χ1n) is 6.76. The summed E-state index contributed by atoms with van der Waals surface area (Å²) < 4.78 is 32.3. The number of amides is 2. The summed E-state index contributed by atoms with van der Waals surface area (Å²) in [7, 11) is -1.89. The summed E-state index contributed by atoms with van der Waals surface area (Å²) in [6.07, 6.45) is 0.811. The molecule has 3 rings (SSSR count). The van der Waals surface area contributed by atoms with E-state index in [9.17, 15) is 18.0 Å². The van der Waals surface area contributed by atoms with E-state index in [2.05, 4.69) is 9.72 Å². The predicted molar refractivity (Wildman–Crippen MR) is 73.3 cm³/mol. The maximum atomic E-state index is 12.4. The van der Waals surface area contributed by atoms with Crippen molar-refractivity contribution in [1.29, 1.82) is 0 Å². The van der Waals surface area contributed by atoms with Crippen LogP contribution in [0.1, 0.15) is 5.82 Å². The molecule has 0 N–H and O–H groups in total. The summed E-state index contributed by atoms with van der Waals surface area (Å²) in [5, 5.41) is 0.0163. The molecule has 2 aliphatic rings. The van der Waals surface area contributed by atoms with Crippen molar-refractivity contribution >= 4 is 22.0 Å². The molecule has 0 aliphatic carbocycles. The molecule has 3 heterocycles. The van der Waals surface area contributed by atoms with Crippen LogP contribution in [0.15, 0.2) is 11.2 Å². The Kier molecular flexibility index (Phi) is 3.44. The number of cyclic esters (lactones) is 1. The van der Waals surface area contributed by atoms with Crippen molar-refractivity contribution in [3.63, 3.8) is 0 Å². The lowest BCUT2D eigenvalue weighted by molar-refractivity contribution is -0.126. The number of carbonyl (C=O) groups excluding carboxylic acids is 2. The molecular weight excluding hydrogens is 312 g/mol. The lowest BCUT2D eigenvalue weighted by atomic mass is 10.0. The first-order valence-corrected chi connectivity index (χ1v) is 8.20. The summed E-state index contributed by atoms with van der Waals surface area (Å²) in [6.45, 7) is 2.19. The van der Waals surface area contributed by atoms with Gasteiger partial charge in [0.05, 0.1) is 0 Å². The molecule has 0 bridgehead atoms. The van der Waals surface area contributed by atoms with E-state index in [0.717, 1.165) is 4.90 Å². The molecule has 1 aromatic heterocycles. The van der Waals surface area contributed by atoms with Gasteiger partial charge < -0.3 is 9.30 Å². The highest BCUT2D eigenvalue weighted by molar-refractivity contribution is 7.89. The second kappa shape index (κ2) is 5.06. The summed E-state index contributed by atoms with van der Waals surface area (Å²) >= 11 is 0. The monoisotopic (exact) mass is 328 g/mol. The Balaban J connectivity index is 1.63. The van der Waals surface area contributed by atoms with Crippen molar-refractivity contribution in [2.24, 2.45) is 13.0 Å². The molecule has 2 aliphatic heterocycles. The van der Waals surface area contributed by atoms with Gasteiger partial charge in [0.25, 0.3) is 15.9 Å². The van der Waals surface area contributed by atoms with Gasteiger partial charge in [0.1, 0.15) is 5.82 Å². The molecule has 0 aromatic carbocycles. The van der Waals surface area contributed by atoms with Crippen molar-refractivity contribution in [1.82, 2.24) is 18.8 Å². The number of ether oxygens (including phenoxy) is 1. The number of nitrogens with zero attached hydrogens (tertiary/aromatic N) is 4. The van der Waals surface area contributed by atoms with Gasteiger partial charge in [0, 0.05) is 38.8 Å². The minimum atomic E-state index is -3.62. The van der Waals surface area contributed by atoms with Crippen LogP contribution >= 0.6 is 0 Å². The van der Waals surface area contributed by atoms with E-state index in [1.807, 2.05) is 0 Å². The molecule has 0 spiro atoms. The van der Waals surface area contributed by atoms with E-state index >= 15 is 0 Å². The predicted octanol–water partition coefficient (Wildman–Crippen LogP) is -0.672. The number of aryl methyl sites for hydroxylation is 2. The number of rotatable bonds is 4. The zero-order chi connectivity index (χ0) is 16.1. The van der Waals surface area contributed by atoms with Crippen molar-refractivity contribution in [3.05, 3.63) is 12.0 Å². The lowest BCUT2D eigenvalue weighted by Gasteiger charge is -2.38. The third kappa shape index (κ3) is 2.37. The van der Waals surface area contributed by atoms with Crippen molar-refractivity contribution in [2.75, 3.05) is 26.2 Å². The van der Waals surface area contributed by atoms with Crippen LogP contribution in [0.4, 0.5) is 4.79 Å². The van der Waals surface area contributed by atoms with E-state index < -0.39 is 16.1 Å². The molecule has 2 amide bonds. The van der Waals surface area contributed by atoms with Crippen molar-refractivity contribution < 1.29 is 22.7 Å². The first-order chi connectivity index (χ1) is 10.3. The van der Waals surface area contributed by atoms with Crippen LogP contribution in [0.2, 0.25) is 0 Å². The highest BCUT2D eigenvalue weighted by Gasteiger charge is 2.42. The summed E-state index contributed by atoms with van der Waals surface area (Å²) in [5.41, 5.74) is 0. The fraction of sp³-hybridized carbons (Fsp3) is 0.583. The first kappa shape index (κ1) is 15.0. The minimum Gasteiger partial charge on any atom is -0.439 e. The smallest absolute Gasteiger partial charge is 0.417 e. The topological polar surface area (TPSA) is 102 Å². The summed E-state index contributed by atoms with van der Waals surface area (Å²) in [6, 6.07) is 0. The highest BCUT2D eigenvalue weighted by Crippen LogP contribution is 2.26. The molecule has 10 heteroatoms. The van der Waals surface area contributed by atoms with Gasteiger partial charge in [-0.15, -0.1) is 0 Å². The normalized spacial score (nSPS) is 20.4. The molecular formula is C12H16N4O5S. The summed E-state index contributed by atoms with van der Waals surface area (Å²) in [4.78, 5) is 27.8. The second-order valence-electron chi connectivity index (χ2n) is 5.48. The molecule has 0 unspecified atom stereocenters. The van der Waals surface area contributed by atoms with Gasteiger partial charge >= 0.3 is 6.09 Å². The van der Waals surface area contributed by atoms with E-state index in [4.69, 9.17) is 0 Å². The highest BCUT2D eigenvalue weighted by atomic mass is 32.2. The van der Waals surface area contributed by atoms with E-state index in [1.54, 1.807) is 18.5 Å². The van der Waals surface area contributed by atoms with Crippen LogP contribution in [-0.4, -0.2) is 65.4 Å². The molecule has 2 saturated heterocycles. The number of hydrogen-bond donors (Lipinski definition) is 0. The number of imide groups is 1. The summed E-state index contributed by atoms with van der Waals surface area (Å²) in [5.74, 6) is 0.155. The maximum absolute atomic E-state index is 12.4. The average molecular weight is 328 g/mol. The van der Waals surface area contributed by atoms with E-state index in [-0.39, 0.29) is 43.1 Å². The number of carbonyl (C=O) groups is 2. The molecule has 22 heavy (non-hydrogen) atoms. The lowest BCUT2D eigenvalue weighted by Crippen LogP contribution is -2.54. The Morgan fingerprint density at radius 3 is 2.55 bits per heavy atom. The van der Waals surface area contributed by atoms with Crippen molar-refractivity contribution in [2.45, 2.75) is 11.9 Å². The number of aromatic nitrogens is 2. The Morgan fingerprint density at radius 1 is 1.36 bits per heavy atom. The van der Waals surface area contributed by atoms with Gasteiger partial charge in [0.15, 0.2) is 11.6 Å². The third-order valence-electron chi connectivity index (χ3n) is 3.90. The molecule has 0 atom stereocenters. The quantitative estimate of drug-likeness (QED) is 0.726. The van der Waals surface area contributed by atoms with Crippen LogP contribution in [0.5, 0.6) is 0 Å². The Labute approximate surface area is 127 Å². The molecule has 120 valence electrons. The second-order valence-corrected chi connectivity index (χ2v) is 7.37. The largest absolute Gasteiger partial charge is 0.439 e. The van der Waals surface area contributed by atoms with Crippen LogP contribution in [-0.2, 0) is 26.6 Å². The van der Waals surface area contributed by atoms with E-state index in [1.165, 1.54) is 10.5 Å². The van der Waals surface area contributed by atoms with Crippen LogP contribution < -0.4 is 0 Å². The van der Waals surface area contributed by atoms with Gasteiger partial charge in [-0.1, -0.05) is 0 Å². The Hall–Kier alpha value is -1.94. The van der Waals surface area contributed by atoms with Gasteiger partial charge in [-0.3, -0.25) is 4.79 Å². The minimum absolute atomic E-state index is 0.0163. The zero-order valence-corrected chi connectivity index (χ0v) is 13.0. The van der Waals surface area contributed by atoms with Crippen LogP contribution in [0, 0.1) is 12.8 Å². The molecule has 0 saturated carbocycles. The number of sulfonamides is 1. The average Bonchev–Trinajstić information content (AvgIpc) is 2.89. The van der Waals surface area contributed by atoms with Gasteiger partial charge in [-0.05, 0) is 6.92 Å². The third-order valence-corrected chi connectivity index (χ3v) is 5.60. The van der Waals surface area contributed by atoms with Gasteiger partial charge in [-0.2, -0.15) is 4.31 Å². The molecule has 1 aromatic rings. The Morgan fingerprint density at radius 2 is 2.05 bits per heavy atom. The molecule has 9 nitrogen and oxygen atoms in total. The zero-order valence-electron chi connectivity index (χ0n) is 12.2. The SMILES string of the molecule is Cc1nc(S(=O)(=O)N2CC(CN3C(=O)COC3=O)C2)cn1C. The fourth-order valence-electron chi connectivity index (χ4n) is 2.43. The fourth-order valence-corrected chi connectivity index (χ4v) is 4.05. The van der Waals surface area contributed by atoms with Gasteiger partial charge in [0.2, 0.25) is 0 Å². The van der Waals surface area contributed by atoms with Crippen molar-refractivity contribution in [3.8, 4) is 0 Å². The van der Waals surface area contributed by atoms with Gasteiger partial charge in [-0.25, -0.2) is 23.1 Å². The Bertz CT molecular complexity index is 699. The van der Waals surface area contributed by atoms with E-state index in [0.29, 0.717) is 5.82 Å². The standard InChI is InChI=1S/C12H16N4O5S/c1-8-13-10(6-14(8)2)22(19,20)15-3-9(4-15)5-16-11(17)7-21-12(16)18/h6,9H,3-5,7H2,1-2H3. The van der Waals surface area contributed by atoms with Crippen LogP contribution in [0.25, 0.3) is 0 Å². The van der Waals surface area contributed by atoms with Crippen LogP contribution in [0.3, 0.4) is 0 Å². The number of imidazole rings is 1. The number of hydrogen-bond acceptors (Lipinski definition) is 6.